The SMILES string of the molecule is CC(=O)OC[C@@]12C=C[C@@H](O1)[C@@H]1C(=O)N(c3cccc(I)c3)C(=O)[C@@H]12. The third-order valence-electron chi connectivity index (χ3n) is 4.72. The Bertz CT molecular complexity index is 791. The molecule has 2 bridgehead atoms. The van der Waals surface area contributed by atoms with Crippen molar-refractivity contribution < 1.29 is 23.9 Å². The molecule has 3 heterocycles. The molecule has 1 aromatic carbocycles. The molecule has 24 heavy (non-hydrogen) atoms. The van der Waals surface area contributed by atoms with Gasteiger partial charge in [-0.1, -0.05) is 12.1 Å². The second-order valence-electron chi connectivity index (χ2n) is 6.17. The average molecular weight is 439 g/mol. The molecule has 0 aromatic heterocycles. The number of hydrogen-bond acceptors (Lipinski definition) is 5. The summed E-state index contributed by atoms with van der Waals surface area (Å²) in [6.07, 6.45) is 3.09. The lowest BCUT2D eigenvalue weighted by molar-refractivity contribution is -0.150. The number of fused-ring (bicyclic) bond motifs is 5. The largest absolute Gasteiger partial charge is 0.462 e. The second kappa shape index (κ2) is 5.38. The highest BCUT2D eigenvalue weighted by Gasteiger charge is 2.68. The van der Waals surface area contributed by atoms with Gasteiger partial charge in [0.25, 0.3) is 0 Å². The molecule has 7 heteroatoms. The lowest BCUT2D eigenvalue weighted by Crippen LogP contribution is -2.44. The van der Waals surface area contributed by atoms with Gasteiger partial charge < -0.3 is 9.47 Å². The number of carbonyl (C=O) groups is 3. The van der Waals surface area contributed by atoms with Crippen molar-refractivity contribution in [2.24, 2.45) is 11.8 Å². The summed E-state index contributed by atoms with van der Waals surface area (Å²) in [5, 5.41) is 0. The Morgan fingerprint density at radius 2 is 2.17 bits per heavy atom. The first-order valence-electron chi connectivity index (χ1n) is 7.57. The molecule has 6 nitrogen and oxygen atoms in total. The van der Waals surface area contributed by atoms with Crippen molar-refractivity contribution >= 4 is 46.1 Å². The fourth-order valence-electron chi connectivity index (χ4n) is 3.75. The zero-order valence-corrected chi connectivity index (χ0v) is 14.9. The predicted molar refractivity (Wildman–Crippen MR) is 92.0 cm³/mol. The fraction of sp³-hybridized carbons (Fsp3) is 0.353. The van der Waals surface area contributed by atoms with Gasteiger partial charge >= 0.3 is 5.97 Å². The number of anilines is 1. The number of nitrogens with zero attached hydrogens (tertiary/aromatic N) is 1. The van der Waals surface area contributed by atoms with Gasteiger partial charge in [0.2, 0.25) is 11.8 Å². The molecular weight excluding hydrogens is 425 g/mol. The summed E-state index contributed by atoms with van der Waals surface area (Å²) in [5.74, 6) is -2.22. The maximum Gasteiger partial charge on any atom is 0.302 e. The highest BCUT2D eigenvalue weighted by Crippen LogP contribution is 2.52. The molecule has 0 spiro atoms. The van der Waals surface area contributed by atoms with Crippen LogP contribution >= 0.6 is 22.6 Å². The van der Waals surface area contributed by atoms with Gasteiger partial charge in [-0.3, -0.25) is 14.4 Å². The van der Waals surface area contributed by atoms with Crippen LogP contribution in [0.3, 0.4) is 0 Å². The van der Waals surface area contributed by atoms with Crippen LogP contribution in [0.25, 0.3) is 0 Å². The third kappa shape index (κ3) is 2.14. The van der Waals surface area contributed by atoms with Crippen LogP contribution in [-0.4, -0.2) is 36.1 Å². The summed E-state index contributed by atoms with van der Waals surface area (Å²) < 4.78 is 11.9. The van der Waals surface area contributed by atoms with E-state index in [1.165, 1.54) is 11.8 Å². The summed E-state index contributed by atoms with van der Waals surface area (Å²) in [5.41, 5.74) is -0.474. The Morgan fingerprint density at radius 1 is 1.38 bits per heavy atom. The van der Waals surface area contributed by atoms with E-state index in [0.717, 1.165) is 3.57 Å². The van der Waals surface area contributed by atoms with Gasteiger partial charge in [0, 0.05) is 10.5 Å². The van der Waals surface area contributed by atoms with E-state index in [9.17, 15) is 14.4 Å². The van der Waals surface area contributed by atoms with Gasteiger partial charge in [0.1, 0.15) is 12.2 Å². The van der Waals surface area contributed by atoms with Crippen molar-refractivity contribution in [3.05, 3.63) is 40.0 Å². The van der Waals surface area contributed by atoms with Crippen molar-refractivity contribution in [2.75, 3.05) is 11.5 Å². The fourth-order valence-corrected chi connectivity index (χ4v) is 4.28. The molecule has 0 saturated carbocycles. The highest BCUT2D eigenvalue weighted by atomic mass is 127. The van der Waals surface area contributed by atoms with E-state index >= 15 is 0 Å². The first kappa shape index (κ1) is 15.8. The van der Waals surface area contributed by atoms with E-state index in [0.29, 0.717) is 5.69 Å². The number of rotatable bonds is 3. The molecular formula is C17H14INO5. The standard InChI is InChI=1S/C17H14INO5/c1-9(20)23-8-17-6-5-12(24-17)13-14(17)16(22)19(15(13)21)11-4-2-3-10(18)7-11/h2-7,12-14H,8H2,1H3/t12-,13+,14-,17-/m1/s1. The molecule has 4 rings (SSSR count). The maximum atomic E-state index is 13.0. The summed E-state index contributed by atoms with van der Waals surface area (Å²) in [6, 6.07) is 7.25. The Hall–Kier alpha value is -1.74. The van der Waals surface area contributed by atoms with E-state index in [4.69, 9.17) is 9.47 Å². The summed E-state index contributed by atoms with van der Waals surface area (Å²) in [6.45, 7) is 1.24. The molecule has 2 amide bonds. The summed E-state index contributed by atoms with van der Waals surface area (Å²) >= 11 is 2.14. The molecule has 0 N–H and O–H groups in total. The number of ether oxygens (including phenoxy) is 2. The van der Waals surface area contributed by atoms with E-state index in [2.05, 4.69) is 22.6 Å². The number of benzene rings is 1. The van der Waals surface area contributed by atoms with Crippen molar-refractivity contribution in [3.63, 3.8) is 0 Å². The molecule has 3 aliphatic rings. The summed E-state index contributed by atoms with van der Waals surface area (Å²) in [7, 11) is 0. The molecule has 0 radical (unpaired) electrons. The monoisotopic (exact) mass is 439 g/mol. The molecule has 4 atom stereocenters. The number of amides is 2. The maximum absolute atomic E-state index is 13.0. The van der Waals surface area contributed by atoms with E-state index in [-0.39, 0.29) is 18.4 Å². The zero-order chi connectivity index (χ0) is 17.1. The molecule has 2 fully saturated rings. The number of esters is 1. The Kier molecular flexibility index (Phi) is 3.54. The van der Waals surface area contributed by atoms with Crippen molar-refractivity contribution in [2.45, 2.75) is 18.6 Å². The smallest absolute Gasteiger partial charge is 0.302 e. The van der Waals surface area contributed by atoms with E-state index < -0.39 is 29.5 Å². The molecule has 2 saturated heterocycles. The lowest BCUT2D eigenvalue weighted by atomic mass is 9.77. The van der Waals surface area contributed by atoms with Gasteiger partial charge in [-0.15, -0.1) is 0 Å². The van der Waals surface area contributed by atoms with Crippen LogP contribution in [0.4, 0.5) is 5.69 Å². The van der Waals surface area contributed by atoms with Gasteiger partial charge in [0.05, 0.1) is 23.6 Å². The van der Waals surface area contributed by atoms with Gasteiger partial charge in [0.15, 0.2) is 0 Å². The minimum Gasteiger partial charge on any atom is -0.462 e. The zero-order valence-electron chi connectivity index (χ0n) is 12.8. The van der Waals surface area contributed by atoms with Gasteiger partial charge in [-0.05, 0) is 46.9 Å². The molecule has 0 aliphatic carbocycles. The Balaban J connectivity index is 1.70. The quantitative estimate of drug-likeness (QED) is 0.310. The lowest BCUT2D eigenvalue weighted by Gasteiger charge is -2.28. The molecule has 0 unspecified atom stereocenters. The van der Waals surface area contributed by atoms with Crippen LogP contribution in [0.15, 0.2) is 36.4 Å². The number of halogens is 1. The topological polar surface area (TPSA) is 72.9 Å². The first-order chi connectivity index (χ1) is 11.4. The van der Waals surface area contributed by atoms with Crippen LogP contribution in [0.2, 0.25) is 0 Å². The average Bonchev–Trinajstić information content (AvgIpc) is 3.16. The Morgan fingerprint density at radius 3 is 2.88 bits per heavy atom. The molecule has 124 valence electrons. The first-order valence-corrected chi connectivity index (χ1v) is 8.65. The van der Waals surface area contributed by atoms with Gasteiger partial charge in [-0.2, -0.15) is 0 Å². The van der Waals surface area contributed by atoms with E-state index in [1.54, 1.807) is 24.3 Å². The third-order valence-corrected chi connectivity index (χ3v) is 5.39. The van der Waals surface area contributed by atoms with Crippen LogP contribution in [0.1, 0.15) is 6.92 Å². The normalized spacial score (nSPS) is 33.2. The van der Waals surface area contributed by atoms with Crippen LogP contribution in [0.5, 0.6) is 0 Å². The highest BCUT2D eigenvalue weighted by molar-refractivity contribution is 14.1. The van der Waals surface area contributed by atoms with Crippen LogP contribution in [-0.2, 0) is 23.9 Å². The second-order valence-corrected chi connectivity index (χ2v) is 7.42. The van der Waals surface area contributed by atoms with E-state index in [1.807, 2.05) is 12.1 Å². The number of imide groups is 1. The number of hydrogen-bond donors (Lipinski definition) is 0. The predicted octanol–water partition coefficient (Wildman–Crippen LogP) is 1.67. The van der Waals surface area contributed by atoms with Crippen LogP contribution in [0, 0.1) is 15.4 Å². The minimum atomic E-state index is -1.04. The Labute approximate surface area is 151 Å². The minimum absolute atomic E-state index is 0.0598. The number of carbonyl (C=O) groups excluding carboxylic acids is 3. The van der Waals surface area contributed by atoms with Crippen molar-refractivity contribution in [3.8, 4) is 0 Å². The summed E-state index contributed by atoms with van der Waals surface area (Å²) in [4.78, 5) is 38.3. The molecule has 1 aromatic rings. The van der Waals surface area contributed by atoms with Crippen molar-refractivity contribution in [1.82, 2.24) is 0 Å². The van der Waals surface area contributed by atoms with Crippen molar-refractivity contribution in [1.29, 1.82) is 0 Å². The molecule has 3 aliphatic heterocycles. The van der Waals surface area contributed by atoms with Gasteiger partial charge in [-0.25, -0.2) is 4.90 Å². The van der Waals surface area contributed by atoms with Crippen LogP contribution < -0.4 is 4.90 Å².